The van der Waals surface area contributed by atoms with Crippen molar-refractivity contribution in [2.24, 2.45) is 0 Å². The van der Waals surface area contributed by atoms with E-state index in [0.29, 0.717) is 12.3 Å². The number of nitrogens with zero attached hydrogens (tertiary/aromatic N) is 1. The molecule has 1 spiro atoms. The van der Waals surface area contributed by atoms with E-state index in [2.05, 4.69) is 35.4 Å². The van der Waals surface area contributed by atoms with Crippen molar-refractivity contribution in [2.75, 3.05) is 13.1 Å². The van der Waals surface area contributed by atoms with Crippen LogP contribution in [0.1, 0.15) is 65.5 Å². The SMILES string of the molecule is Cc1ccccc1C1CCN(CCC2CCCc3sccc32)C2(C1)OC(=O)C(=O)O2. The summed E-state index contributed by atoms with van der Waals surface area (Å²) in [5.74, 6) is -2.28. The zero-order chi connectivity index (χ0) is 20.7. The van der Waals surface area contributed by atoms with Crippen molar-refractivity contribution in [1.29, 1.82) is 0 Å². The number of likely N-dealkylation sites (tertiary alicyclic amines) is 1. The van der Waals surface area contributed by atoms with Gasteiger partial charge in [0, 0.05) is 24.4 Å². The monoisotopic (exact) mass is 425 g/mol. The van der Waals surface area contributed by atoms with Crippen molar-refractivity contribution in [3.63, 3.8) is 0 Å². The molecule has 0 radical (unpaired) electrons. The number of carbonyl (C=O) groups excluding carboxylic acids is 2. The number of carbonyl (C=O) groups is 2. The third kappa shape index (κ3) is 3.46. The standard InChI is InChI=1S/C24H27NO4S/c1-16-5-2-3-7-19(16)18-10-13-25(24(15-18)28-22(26)23(27)29-24)12-9-17-6-4-8-21-20(17)11-14-30-21/h2-3,5,7,11,14,17-18H,4,6,8-10,12-13,15H2,1H3. The largest absolute Gasteiger partial charge is 0.421 e. The van der Waals surface area contributed by atoms with Gasteiger partial charge in [-0.25, -0.2) is 14.5 Å². The average Bonchev–Trinajstić information content (AvgIpc) is 3.32. The minimum absolute atomic E-state index is 0.194. The molecule has 3 heterocycles. The van der Waals surface area contributed by atoms with Gasteiger partial charge < -0.3 is 9.47 Å². The minimum atomic E-state index is -1.26. The number of benzene rings is 1. The predicted octanol–water partition coefficient (Wildman–Crippen LogP) is 4.50. The molecular formula is C24H27NO4S. The zero-order valence-electron chi connectivity index (χ0n) is 17.3. The molecule has 0 amide bonds. The zero-order valence-corrected chi connectivity index (χ0v) is 18.1. The fourth-order valence-electron chi connectivity index (χ4n) is 5.42. The van der Waals surface area contributed by atoms with E-state index in [-0.39, 0.29) is 5.92 Å². The highest BCUT2D eigenvalue weighted by molar-refractivity contribution is 7.10. The number of esters is 2. The first kappa shape index (κ1) is 19.8. The molecule has 2 aliphatic heterocycles. The Morgan fingerprint density at radius 2 is 1.90 bits per heavy atom. The van der Waals surface area contributed by atoms with Gasteiger partial charge in [-0.2, -0.15) is 0 Å². The van der Waals surface area contributed by atoms with Crippen LogP contribution in [-0.4, -0.2) is 35.8 Å². The Bertz CT molecular complexity index is 952. The van der Waals surface area contributed by atoms with E-state index in [4.69, 9.17) is 9.47 Å². The first-order valence-corrected chi connectivity index (χ1v) is 11.8. The third-order valence-electron chi connectivity index (χ3n) is 6.96. The lowest BCUT2D eigenvalue weighted by molar-refractivity contribution is -0.266. The molecule has 3 aliphatic rings. The topological polar surface area (TPSA) is 55.8 Å². The van der Waals surface area contributed by atoms with Crippen molar-refractivity contribution in [3.05, 3.63) is 57.3 Å². The number of piperidine rings is 1. The van der Waals surface area contributed by atoms with Crippen LogP contribution in [0.3, 0.4) is 0 Å². The molecule has 1 aromatic carbocycles. The van der Waals surface area contributed by atoms with Gasteiger partial charge in [0.2, 0.25) is 0 Å². The molecular weight excluding hydrogens is 398 g/mol. The molecule has 6 heteroatoms. The molecule has 1 aromatic heterocycles. The van der Waals surface area contributed by atoms with Crippen LogP contribution in [0.25, 0.3) is 0 Å². The molecule has 2 saturated heterocycles. The summed E-state index contributed by atoms with van der Waals surface area (Å²) in [7, 11) is 0. The highest BCUT2D eigenvalue weighted by atomic mass is 32.1. The summed E-state index contributed by atoms with van der Waals surface area (Å²) in [6.07, 6.45) is 6.03. The number of rotatable bonds is 4. The number of aryl methyl sites for hydroxylation is 2. The number of hydrogen-bond donors (Lipinski definition) is 0. The van der Waals surface area contributed by atoms with Gasteiger partial charge in [-0.15, -0.1) is 11.3 Å². The van der Waals surface area contributed by atoms with E-state index in [0.717, 1.165) is 25.9 Å². The van der Waals surface area contributed by atoms with Crippen molar-refractivity contribution in [3.8, 4) is 0 Å². The van der Waals surface area contributed by atoms with E-state index in [9.17, 15) is 9.59 Å². The lowest BCUT2D eigenvalue weighted by Gasteiger charge is -2.44. The lowest BCUT2D eigenvalue weighted by Crippen LogP contribution is -2.55. The number of fused-ring (bicyclic) bond motifs is 1. The second-order valence-electron chi connectivity index (χ2n) is 8.70. The van der Waals surface area contributed by atoms with Gasteiger partial charge in [-0.05, 0) is 79.0 Å². The Morgan fingerprint density at radius 1 is 1.10 bits per heavy atom. The summed E-state index contributed by atoms with van der Waals surface area (Å²) < 4.78 is 11.2. The summed E-state index contributed by atoms with van der Waals surface area (Å²) in [6.45, 7) is 3.59. The number of thiophene rings is 1. The van der Waals surface area contributed by atoms with Gasteiger partial charge in [0.25, 0.3) is 0 Å². The Hall–Kier alpha value is -2.18. The van der Waals surface area contributed by atoms with Crippen LogP contribution in [0, 0.1) is 6.92 Å². The summed E-state index contributed by atoms with van der Waals surface area (Å²) in [4.78, 5) is 27.6. The van der Waals surface area contributed by atoms with Crippen LogP contribution in [0.5, 0.6) is 0 Å². The lowest BCUT2D eigenvalue weighted by atomic mass is 9.83. The molecule has 5 nitrogen and oxygen atoms in total. The first-order valence-electron chi connectivity index (χ1n) is 10.9. The molecule has 0 bridgehead atoms. The molecule has 2 aromatic rings. The number of ether oxygens (including phenoxy) is 2. The maximum Gasteiger partial charge on any atom is 0.421 e. The maximum absolute atomic E-state index is 12.0. The Morgan fingerprint density at radius 3 is 2.70 bits per heavy atom. The van der Waals surface area contributed by atoms with Crippen LogP contribution in [-0.2, 0) is 25.5 Å². The van der Waals surface area contributed by atoms with Gasteiger partial charge in [-0.1, -0.05) is 24.3 Å². The molecule has 2 unspecified atom stereocenters. The van der Waals surface area contributed by atoms with Crippen LogP contribution in [0.15, 0.2) is 35.7 Å². The highest BCUT2D eigenvalue weighted by Gasteiger charge is 2.56. The molecule has 2 atom stereocenters. The van der Waals surface area contributed by atoms with E-state index < -0.39 is 17.8 Å². The minimum Gasteiger partial charge on any atom is -0.400 e. The molecule has 5 rings (SSSR count). The van der Waals surface area contributed by atoms with Crippen LogP contribution in [0.2, 0.25) is 0 Å². The normalized spacial score (nSPS) is 25.8. The van der Waals surface area contributed by atoms with E-state index in [1.165, 1.54) is 40.8 Å². The van der Waals surface area contributed by atoms with Crippen LogP contribution < -0.4 is 0 Å². The van der Waals surface area contributed by atoms with Gasteiger partial charge in [0.1, 0.15) is 0 Å². The maximum atomic E-state index is 12.0. The summed E-state index contributed by atoms with van der Waals surface area (Å²) in [6, 6.07) is 10.6. The van der Waals surface area contributed by atoms with Crippen molar-refractivity contribution in [2.45, 2.75) is 63.2 Å². The van der Waals surface area contributed by atoms with Crippen LogP contribution >= 0.6 is 11.3 Å². The molecule has 0 N–H and O–H groups in total. The molecule has 0 saturated carbocycles. The van der Waals surface area contributed by atoms with E-state index >= 15 is 0 Å². The highest BCUT2D eigenvalue weighted by Crippen LogP contribution is 2.44. The van der Waals surface area contributed by atoms with Gasteiger partial charge in [0.15, 0.2) is 0 Å². The van der Waals surface area contributed by atoms with Gasteiger partial charge in [0.05, 0.1) is 0 Å². The Kier molecular flexibility index (Phi) is 5.15. The summed E-state index contributed by atoms with van der Waals surface area (Å²) in [5, 5.41) is 2.19. The fraction of sp³-hybridized carbons (Fsp3) is 0.500. The molecule has 1 aliphatic carbocycles. The summed E-state index contributed by atoms with van der Waals surface area (Å²) in [5.41, 5.74) is 3.94. The van der Waals surface area contributed by atoms with Crippen molar-refractivity contribution < 1.29 is 19.1 Å². The average molecular weight is 426 g/mol. The molecule has 30 heavy (non-hydrogen) atoms. The molecule has 2 fully saturated rings. The Balaban J connectivity index is 1.36. The third-order valence-corrected chi connectivity index (χ3v) is 7.95. The quantitative estimate of drug-likeness (QED) is 0.533. The van der Waals surface area contributed by atoms with E-state index in [1.807, 2.05) is 23.5 Å². The number of hydrogen-bond acceptors (Lipinski definition) is 6. The second kappa shape index (κ2) is 7.82. The first-order chi connectivity index (χ1) is 14.6. The van der Waals surface area contributed by atoms with E-state index in [1.54, 1.807) is 0 Å². The summed E-state index contributed by atoms with van der Waals surface area (Å²) >= 11 is 1.86. The predicted molar refractivity (Wildman–Crippen MR) is 114 cm³/mol. The van der Waals surface area contributed by atoms with Crippen LogP contribution in [0.4, 0.5) is 0 Å². The van der Waals surface area contributed by atoms with Crippen molar-refractivity contribution in [1.82, 2.24) is 4.90 Å². The van der Waals surface area contributed by atoms with Crippen molar-refractivity contribution >= 4 is 23.3 Å². The smallest absolute Gasteiger partial charge is 0.400 e. The van der Waals surface area contributed by atoms with Gasteiger partial charge in [-0.3, -0.25) is 0 Å². The fourth-order valence-corrected chi connectivity index (χ4v) is 6.43. The Labute approximate surface area is 181 Å². The van der Waals surface area contributed by atoms with Gasteiger partial charge >= 0.3 is 17.8 Å². The molecule has 158 valence electrons. The second-order valence-corrected chi connectivity index (χ2v) is 9.70.